The number of rotatable bonds is 8. The zero-order valence-corrected chi connectivity index (χ0v) is 20.6. The monoisotopic (exact) mass is 514 g/mol. The first-order valence-corrected chi connectivity index (χ1v) is 11.9. The van der Waals surface area contributed by atoms with Crippen molar-refractivity contribution < 1.29 is 18.8 Å². The predicted molar refractivity (Wildman–Crippen MR) is 135 cm³/mol. The number of anilines is 1. The number of amides is 1. The third-order valence-corrected chi connectivity index (χ3v) is 6.44. The molecule has 1 amide bonds. The van der Waals surface area contributed by atoms with Crippen LogP contribution in [0.5, 0.6) is 11.5 Å². The Labute approximate surface area is 211 Å². The Morgan fingerprint density at radius 1 is 0.971 bits per heavy atom. The van der Waals surface area contributed by atoms with Crippen molar-refractivity contribution in [1.82, 2.24) is 5.16 Å². The molecule has 0 aliphatic heterocycles. The molecule has 0 radical (unpaired) electrons. The van der Waals surface area contributed by atoms with Gasteiger partial charge in [-0.2, -0.15) is 0 Å². The van der Waals surface area contributed by atoms with Gasteiger partial charge in [0.25, 0.3) is 5.91 Å². The first kappa shape index (κ1) is 24.0. The Kier molecular flexibility index (Phi) is 7.67. The molecule has 0 saturated carbocycles. The van der Waals surface area contributed by atoms with Gasteiger partial charge in [0.1, 0.15) is 0 Å². The van der Waals surface area contributed by atoms with E-state index in [9.17, 15) is 4.79 Å². The Bertz CT molecular complexity index is 1310. The van der Waals surface area contributed by atoms with Crippen molar-refractivity contribution in [2.24, 2.45) is 0 Å². The van der Waals surface area contributed by atoms with Gasteiger partial charge in [0, 0.05) is 32.3 Å². The summed E-state index contributed by atoms with van der Waals surface area (Å²) in [6.07, 6.45) is 0. The maximum Gasteiger partial charge on any atom is 0.277 e. The van der Waals surface area contributed by atoms with E-state index < -0.39 is 0 Å². The molecule has 0 aliphatic carbocycles. The van der Waals surface area contributed by atoms with Gasteiger partial charge in [0.2, 0.25) is 0 Å². The van der Waals surface area contributed by atoms with Gasteiger partial charge >= 0.3 is 0 Å². The molecule has 0 fully saturated rings. The molecule has 0 bridgehead atoms. The number of nitrogens with zero attached hydrogens (tertiary/aromatic N) is 1. The fraction of sp³-hybridized carbons (Fsp3) is 0.120. The van der Waals surface area contributed by atoms with Crippen LogP contribution in [0.1, 0.15) is 16.1 Å². The average molecular weight is 515 g/mol. The summed E-state index contributed by atoms with van der Waals surface area (Å²) < 4.78 is 16.0. The van der Waals surface area contributed by atoms with Crippen LogP contribution in [0.4, 0.5) is 5.69 Å². The van der Waals surface area contributed by atoms with Crippen molar-refractivity contribution in [1.29, 1.82) is 0 Å². The van der Waals surface area contributed by atoms with E-state index in [4.69, 9.17) is 37.2 Å². The van der Waals surface area contributed by atoms with Gasteiger partial charge in [-0.15, -0.1) is 11.8 Å². The van der Waals surface area contributed by atoms with Gasteiger partial charge in [-0.3, -0.25) is 4.79 Å². The fourth-order valence-corrected chi connectivity index (χ4v) is 4.75. The summed E-state index contributed by atoms with van der Waals surface area (Å²) in [4.78, 5) is 13.8. The molecule has 9 heteroatoms. The predicted octanol–water partition coefficient (Wildman–Crippen LogP) is 7.21. The lowest BCUT2D eigenvalue weighted by Crippen LogP contribution is -2.12. The highest BCUT2D eigenvalue weighted by atomic mass is 35.5. The van der Waals surface area contributed by atoms with Crippen molar-refractivity contribution in [3.05, 3.63) is 88.0 Å². The molecule has 1 aromatic heterocycles. The summed E-state index contributed by atoms with van der Waals surface area (Å²) in [7, 11) is 3.12. The number of methoxy groups -OCH3 is 2. The van der Waals surface area contributed by atoms with Crippen LogP contribution in [-0.4, -0.2) is 25.3 Å². The molecule has 0 atom stereocenters. The maximum atomic E-state index is 12.9. The molecule has 0 spiro atoms. The minimum Gasteiger partial charge on any atom is -0.493 e. The smallest absolute Gasteiger partial charge is 0.277 e. The highest BCUT2D eigenvalue weighted by Crippen LogP contribution is 2.34. The minimum absolute atomic E-state index is 0.159. The Morgan fingerprint density at radius 3 is 2.44 bits per heavy atom. The average Bonchev–Trinajstić information content (AvgIpc) is 3.33. The lowest BCUT2D eigenvalue weighted by Gasteiger charge is -2.10. The van der Waals surface area contributed by atoms with E-state index in [1.54, 1.807) is 56.3 Å². The minimum atomic E-state index is -0.380. The number of nitrogens with one attached hydrogen (secondary N) is 1. The van der Waals surface area contributed by atoms with Crippen LogP contribution in [0.2, 0.25) is 10.0 Å². The number of benzene rings is 3. The van der Waals surface area contributed by atoms with Gasteiger partial charge in [-0.05, 0) is 54.1 Å². The van der Waals surface area contributed by atoms with Crippen molar-refractivity contribution >= 4 is 46.6 Å². The summed E-state index contributed by atoms with van der Waals surface area (Å²) >= 11 is 13.8. The molecule has 6 nitrogen and oxygen atoms in total. The van der Waals surface area contributed by atoms with E-state index in [2.05, 4.69) is 10.5 Å². The molecular weight excluding hydrogens is 495 g/mol. The summed E-state index contributed by atoms with van der Waals surface area (Å²) in [6.45, 7) is 0. The number of hydrogen-bond donors (Lipinski definition) is 1. The molecule has 1 N–H and O–H groups in total. The topological polar surface area (TPSA) is 73.6 Å². The number of aromatic nitrogens is 1. The van der Waals surface area contributed by atoms with E-state index in [1.807, 2.05) is 36.4 Å². The van der Waals surface area contributed by atoms with E-state index in [0.717, 1.165) is 10.5 Å². The molecular formula is C25H20Cl2N2O4S. The number of carbonyl (C=O) groups excluding carboxylic acids is 1. The van der Waals surface area contributed by atoms with Gasteiger partial charge in [-0.25, -0.2) is 0 Å². The number of para-hydroxylation sites is 1. The van der Waals surface area contributed by atoms with Crippen molar-refractivity contribution in [3.8, 4) is 22.8 Å². The van der Waals surface area contributed by atoms with Crippen LogP contribution in [0.25, 0.3) is 11.3 Å². The molecule has 174 valence electrons. The van der Waals surface area contributed by atoms with Crippen molar-refractivity contribution in [3.63, 3.8) is 0 Å². The number of hydrogen-bond acceptors (Lipinski definition) is 6. The molecule has 0 unspecified atom stereocenters. The molecule has 34 heavy (non-hydrogen) atoms. The quantitative estimate of drug-likeness (QED) is 0.250. The molecule has 4 rings (SSSR count). The van der Waals surface area contributed by atoms with E-state index in [1.165, 1.54) is 0 Å². The van der Waals surface area contributed by atoms with E-state index in [-0.39, 0.29) is 11.6 Å². The van der Waals surface area contributed by atoms with Crippen molar-refractivity contribution in [2.75, 3.05) is 19.5 Å². The third-order valence-electron chi connectivity index (χ3n) is 4.86. The number of carbonyl (C=O) groups is 1. The molecule has 0 saturated heterocycles. The van der Waals surface area contributed by atoms with Crippen molar-refractivity contribution in [2.45, 2.75) is 10.6 Å². The van der Waals surface area contributed by atoms with Crippen LogP contribution in [0.3, 0.4) is 0 Å². The van der Waals surface area contributed by atoms with Gasteiger partial charge < -0.3 is 19.3 Å². The largest absolute Gasteiger partial charge is 0.493 e. The Balaban J connectivity index is 1.48. The van der Waals surface area contributed by atoms with Crippen LogP contribution in [0.15, 0.2) is 76.1 Å². The second-order valence-corrected chi connectivity index (χ2v) is 9.05. The lowest BCUT2D eigenvalue weighted by atomic mass is 10.1. The first-order chi connectivity index (χ1) is 16.5. The van der Waals surface area contributed by atoms with E-state index >= 15 is 0 Å². The third kappa shape index (κ3) is 5.67. The summed E-state index contributed by atoms with van der Waals surface area (Å²) in [5.41, 5.74) is 2.52. The zero-order chi connectivity index (χ0) is 24.1. The molecule has 3 aromatic carbocycles. The zero-order valence-electron chi connectivity index (χ0n) is 18.3. The summed E-state index contributed by atoms with van der Waals surface area (Å²) in [5.74, 6) is 1.84. The molecule has 0 aliphatic rings. The van der Waals surface area contributed by atoms with Crippen LogP contribution < -0.4 is 14.8 Å². The Hall–Kier alpha value is -3.13. The molecule has 1 heterocycles. The van der Waals surface area contributed by atoms with Crippen LogP contribution >= 0.6 is 35.0 Å². The van der Waals surface area contributed by atoms with Crippen LogP contribution in [-0.2, 0) is 5.75 Å². The normalized spacial score (nSPS) is 10.7. The Morgan fingerprint density at radius 2 is 1.71 bits per heavy atom. The highest BCUT2D eigenvalue weighted by molar-refractivity contribution is 7.98. The summed E-state index contributed by atoms with van der Waals surface area (Å²) in [6, 6.07) is 19.9. The summed E-state index contributed by atoms with van der Waals surface area (Å²) in [5, 5.41) is 8.02. The number of halogens is 2. The fourth-order valence-electron chi connectivity index (χ4n) is 3.25. The van der Waals surface area contributed by atoms with Gasteiger partial charge in [0.15, 0.2) is 23.0 Å². The number of thioether (sulfide) groups is 1. The van der Waals surface area contributed by atoms with E-state index in [0.29, 0.717) is 44.3 Å². The SMILES string of the molecule is COc1ccc(-c2cc(C(=O)Nc3ccccc3SCc3cc(Cl)cc(Cl)c3)no2)cc1OC. The highest BCUT2D eigenvalue weighted by Gasteiger charge is 2.17. The first-order valence-electron chi connectivity index (χ1n) is 10.1. The second-order valence-electron chi connectivity index (χ2n) is 7.16. The van der Waals surface area contributed by atoms with Gasteiger partial charge in [0.05, 0.1) is 19.9 Å². The molecule has 4 aromatic rings. The standard InChI is InChI=1S/C25H20Cl2N2O4S/c1-31-21-8-7-16(11-23(21)32-2)22-13-20(29-33-22)25(30)28-19-5-3-4-6-24(19)34-14-15-9-17(26)12-18(27)10-15/h3-13H,14H2,1-2H3,(H,28,30). The maximum absolute atomic E-state index is 12.9. The number of ether oxygens (including phenoxy) is 2. The lowest BCUT2D eigenvalue weighted by molar-refractivity contribution is 0.101. The second kappa shape index (κ2) is 10.9. The van der Waals surface area contributed by atoms with Crippen LogP contribution in [0, 0.1) is 0 Å². The van der Waals surface area contributed by atoms with Gasteiger partial charge in [-0.1, -0.05) is 40.5 Å².